The SMILES string of the molecule is C=CCOC(=O)C1=C(C)NC(SCC(=O)Nc2ccc(F)c(F)c2)=C(C#N)[C@H]1c1ccc(C(=O)OC)cc1. The summed E-state index contributed by atoms with van der Waals surface area (Å²) in [5, 5.41) is 15.9. The van der Waals surface area contributed by atoms with Crippen LogP contribution in [0.3, 0.4) is 0 Å². The average Bonchev–Trinajstić information content (AvgIpc) is 2.91. The monoisotopic (exact) mass is 539 g/mol. The number of thioether (sulfide) groups is 1. The van der Waals surface area contributed by atoms with Crippen molar-refractivity contribution in [2.45, 2.75) is 12.8 Å². The van der Waals surface area contributed by atoms with Crippen molar-refractivity contribution in [2.24, 2.45) is 0 Å². The molecule has 196 valence electrons. The summed E-state index contributed by atoms with van der Waals surface area (Å²) in [7, 11) is 1.26. The summed E-state index contributed by atoms with van der Waals surface area (Å²) in [6, 6.07) is 11.3. The highest BCUT2D eigenvalue weighted by Gasteiger charge is 2.35. The van der Waals surface area contributed by atoms with Gasteiger partial charge in [0, 0.05) is 17.5 Å². The van der Waals surface area contributed by atoms with Crippen LogP contribution in [0.15, 0.2) is 77.0 Å². The third-order valence-electron chi connectivity index (χ3n) is 5.42. The first-order chi connectivity index (χ1) is 18.2. The second-order valence-electron chi connectivity index (χ2n) is 7.92. The van der Waals surface area contributed by atoms with Crippen LogP contribution in [0.5, 0.6) is 0 Å². The number of hydrogen-bond acceptors (Lipinski definition) is 8. The van der Waals surface area contributed by atoms with Crippen LogP contribution in [0.4, 0.5) is 14.5 Å². The van der Waals surface area contributed by atoms with E-state index in [9.17, 15) is 28.4 Å². The van der Waals surface area contributed by atoms with Crippen LogP contribution in [-0.4, -0.2) is 37.3 Å². The van der Waals surface area contributed by atoms with Gasteiger partial charge >= 0.3 is 11.9 Å². The molecule has 38 heavy (non-hydrogen) atoms. The van der Waals surface area contributed by atoms with Crippen LogP contribution in [-0.2, 0) is 19.1 Å². The van der Waals surface area contributed by atoms with Crippen LogP contribution in [0.2, 0.25) is 0 Å². The molecule has 0 fully saturated rings. The lowest BCUT2D eigenvalue weighted by molar-refractivity contribution is -0.138. The zero-order chi connectivity index (χ0) is 27.8. The number of carbonyl (C=O) groups excluding carboxylic acids is 3. The van der Waals surface area contributed by atoms with E-state index < -0.39 is 35.4 Å². The summed E-state index contributed by atoms with van der Waals surface area (Å²) in [4.78, 5) is 37.3. The molecule has 2 aromatic carbocycles. The highest BCUT2D eigenvalue weighted by Crippen LogP contribution is 2.41. The number of methoxy groups -OCH3 is 1. The standard InChI is InChI=1S/C27H23F2N3O5S/c1-4-11-37-27(35)23-15(2)31-25(38-14-22(33)32-18-9-10-20(28)21(29)12-18)19(13-30)24(23)16-5-7-17(8-6-16)26(34)36-3/h4-10,12,24,31H,1,11,14H2,2-3H3,(H,32,33)/t24-/m1/s1. The van der Waals surface area contributed by atoms with E-state index in [0.717, 1.165) is 23.9 Å². The molecule has 1 amide bonds. The summed E-state index contributed by atoms with van der Waals surface area (Å²) < 4.78 is 36.6. The average molecular weight is 540 g/mol. The van der Waals surface area contributed by atoms with E-state index in [4.69, 9.17) is 9.47 Å². The Kier molecular flexibility index (Phi) is 9.40. The van der Waals surface area contributed by atoms with Crippen molar-refractivity contribution < 1.29 is 32.6 Å². The van der Waals surface area contributed by atoms with E-state index >= 15 is 0 Å². The fraction of sp³-hybridized carbons (Fsp3) is 0.185. The van der Waals surface area contributed by atoms with Crippen molar-refractivity contribution >= 4 is 35.3 Å². The van der Waals surface area contributed by atoms with Gasteiger partial charge in [-0.2, -0.15) is 5.26 Å². The first-order valence-electron chi connectivity index (χ1n) is 11.2. The minimum absolute atomic E-state index is 0.0407. The number of amides is 1. The fourth-order valence-electron chi connectivity index (χ4n) is 3.68. The zero-order valence-electron chi connectivity index (χ0n) is 20.5. The highest BCUT2D eigenvalue weighted by atomic mass is 32.2. The molecule has 0 aromatic heterocycles. The molecule has 0 saturated carbocycles. The lowest BCUT2D eigenvalue weighted by Crippen LogP contribution is -2.29. The molecule has 1 aliphatic rings. The Morgan fingerprint density at radius 3 is 2.47 bits per heavy atom. The number of nitrogens with one attached hydrogen (secondary N) is 2. The molecule has 8 nitrogen and oxygen atoms in total. The summed E-state index contributed by atoms with van der Waals surface area (Å²) in [5.41, 5.74) is 1.64. The van der Waals surface area contributed by atoms with Gasteiger partial charge in [-0.15, -0.1) is 0 Å². The molecule has 1 heterocycles. The lowest BCUT2D eigenvalue weighted by atomic mass is 9.82. The third kappa shape index (κ3) is 6.46. The van der Waals surface area contributed by atoms with E-state index in [1.165, 1.54) is 31.4 Å². The molecule has 11 heteroatoms. The molecule has 0 radical (unpaired) electrons. The minimum atomic E-state index is -1.10. The Morgan fingerprint density at radius 1 is 1.16 bits per heavy atom. The van der Waals surface area contributed by atoms with Gasteiger partial charge in [-0.05, 0) is 36.8 Å². The topological polar surface area (TPSA) is 118 Å². The van der Waals surface area contributed by atoms with Crippen molar-refractivity contribution in [3.8, 4) is 6.07 Å². The Balaban J connectivity index is 1.92. The first kappa shape index (κ1) is 28.1. The molecule has 0 unspecified atom stereocenters. The largest absolute Gasteiger partial charge is 0.465 e. The summed E-state index contributed by atoms with van der Waals surface area (Å²) in [6.07, 6.45) is 1.41. The molecular weight excluding hydrogens is 516 g/mol. The number of allylic oxidation sites excluding steroid dienone is 2. The number of anilines is 1. The van der Waals surface area contributed by atoms with Crippen molar-refractivity contribution in [2.75, 3.05) is 24.8 Å². The van der Waals surface area contributed by atoms with Crippen molar-refractivity contribution in [1.82, 2.24) is 5.32 Å². The molecule has 3 rings (SSSR count). The summed E-state index contributed by atoms with van der Waals surface area (Å²) in [6.45, 7) is 5.13. The number of halogens is 2. The Bertz CT molecular complexity index is 1380. The molecule has 0 spiro atoms. The van der Waals surface area contributed by atoms with Crippen molar-refractivity contribution in [1.29, 1.82) is 5.26 Å². The maximum absolute atomic E-state index is 13.5. The van der Waals surface area contributed by atoms with Crippen LogP contribution >= 0.6 is 11.8 Å². The van der Waals surface area contributed by atoms with Gasteiger partial charge in [0.1, 0.15) is 6.61 Å². The summed E-state index contributed by atoms with van der Waals surface area (Å²) >= 11 is 1.000. The van der Waals surface area contributed by atoms with E-state index in [-0.39, 0.29) is 34.8 Å². The van der Waals surface area contributed by atoms with Crippen LogP contribution in [0.1, 0.15) is 28.8 Å². The van der Waals surface area contributed by atoms with Gasteiger partial charge < -0.3 is 20.1 Å². The number of esters is 2. The number of rotatable bonds is 9. The number of nitriles is 1. The van der Waals surface area contributed by atoms with Gasteiger partial charge in [0.25, 0.3) is 0 Å². The molecule has 0 bridgehead atoms. The smallest absolute Gasteiger partial charge is 0.337 e. The number of hydrogen-bond donors (Lipinski definition) is 2. The van der Waals surface area contributed by atoms with Gasteiger partial charge in [-0.25, -0.2) is 18.4 Å². The lowest BCUT2D eigenvalue weighted by Gasteiger charge is -2.29. The summed E-state index contributed by atoms with van der Waals surface area (Å²) in [5.74, 6) is -4.90. The molecule has 2 N–H and O–H groups in total. The van der Waals surface area contributed by atoms with Gasteiger partial charge in [-0.1, -0.05) is 36.5 Å². The van der Waals surface area contributed by atoms with Crippen LogP contribution in [0.25, 0.3) is 0 Å². The quantitative estimate of drug-likeness (QED) is 0.352. The van der Waals surface area contributed by atoms with E-state index in [0.29, 0.717) is 16.3 Å². The van der Waals surface area contributed by atoms with Gasteiger partial charge in [-0.3, -0.25) is 4.79 Å². The Labute approximate surface area is 222 Å². The van der Waals surface area contributed by atoms with Crippen molar-refractivity contribution in [3.05, 3.63) is 99.8 Å². The molecule has 0 aliphatic carbocycles. The van der Waals surface area contributed by atoms with E-state index in [1.807, 2.05) is 0 Å². The molecule has 2 aromatic rings. The number of benzene rings is 2. The van der Waals surface area contributed by atoms with E-state index in [2.05, 4.69) is 23.3 Å². The van der Waals surface area contributed by atoms with Gasteiger partial charge in [0.15, 0.2) is 11.6 Å². The number of ether oxygens (including phenoxy) is 2. The van der Waals surface area contributed by atoms with Crippen LogP contribution in [0, 0.1) is 23.0 Å². The number of dihydropyridines is 1. The Morgan fingerprint density at radius 2 is 1.87 bits per heavy atom. The molecule has 1 aliphatic heterocycles. The Hall–Kier alpha value is -4.43. The highest BCUT2D eigenvalue weighted by molar-refractivity contribution is 8.03. The molecular formula is C27H23F2N3O5S. The molecule has 0 saturated heterocycles. The minimum Gasteiger partial charge on any atom is -0.465 e. The van der Waals surface area contributed by atoms with Gasteiger partial charge in [0.2, 0.25) is 5.91 Å². The predicted molar refractivity (Wildman–Crippen MR) is 138 cm³/mol. The zero-order valence-corrected chi connectivity index (χ0v) is 21.3. The fourth-order valence-corrected chi connectivity index (χ4v) is 4.57. The van der Waals surface area contributed by atoms with Crippen molar-refractivity contribution in [3.63, 3.8) is 0 Å². The van der Waals surface area contributed by atoms with Gasteiger partial charge in [0.05, 0.1) is 46.6 Å². The molecule has 1 atom stereocenters. The first-order valence-corrected chi connectivity index (χ1v) is 12.1. The normalized spacial score (nSPS) is 14.8. The number of carbonyl (C=O) groups is 3. The predicted octanol–water partition coefficient (Wildman–Crippen LogP) is 4.55. The maximum atomic E-state index is 13.5. The second kappa shape index (κ2) is 12.7. The third-order valence-corrected chi connectivity index (χ3v) is 6.43. The second-order valence-corrected chi connectivity index (χ2v) is 8.90. The van der Waals surface area contributed by atoms with Crippen LogP contribution < -0.4 is 10.6 Å². The number of nitrogens with zero attached hydrogens (tertiary/aromatic N) is 1. The maximum Gasteiger partial charge on any atom is 0.337 e. The van der Waals surface area contributed by atoms with E-state index in [1.54, 1.807) is 19.1 Å².